The minimum Gasteiger partial charge on any atom is -0.406 e. The van der Waals surface area contributed by atoms with Crippen LogP contribution in [0.3, 0.4) is 0 Å². The number of carbonyl (C=O) groups excluding carboxylic acids is 1. The lowest BCUT2D eigenvalue weighted by atomic mass is 9.84. The van der Waals surface area contributed by atoms with Gasteiger partial charge in [0, 0.05) is 13.0 Å². The molecule has 140 valence electrons. The van der Waals surface area contributed by atoms with E-state index in [1.807, 2.05) is 0 Å². The molecular weight excluding hydrogens is 333 g/mol. The van der Waals surface area contributed by atoms with Crippen molar-refractivity contribution in [2.75, 3.05) is 19.6 Å². The Bertz CT molecular complexity index is 540. The minimum atomic E-state index is -4.68. The molecule has 1 aromatic rings. The zero-order valence-corrected chi connectivity index (χ0v) is 14.4. The quantitative estimate of drug-likeness (QED) is 0.787. The molecule has 1 amide bonds. The molecule has 0 radical (unpaired) electrons. The molecule has 2 N–H and O–H groups in total. The Balaban J connectivity index is 1.68. The molecule has 0 bridgehead atoms. The number of hydrogen-bond donors (Lipinski definition) is 2. The molecule has 0 aromatic heterocycles. The van der Waals surface area contributed by atoms with Gasteiger partial charge >= 0.3 is 6.36 Å². The van der Waals surface area contributed by atoms with E-state index in [1.165, 1.54) is 12.1 Å². The van der Waals surface area contributed by atoms with Gasteiger partial charge in [-0.2, -0.15) is 0 Å². The van der Waals surface area contributed by atoms with Gasteiger partial charge in [0.25, 0.3) is 0 Å². The standard InChI is InChI=1S/C18H25F3N2O2/c1-13(15-7-9-22-10-8-15)12-17(24)23-11-6-14-2-4-16(5-3-14)25-18(19,20)21/h2-5,13,15,22H,6-12H2,1H3,(H,23,24). The second-order valence-electron chi connectivity index (χ2n) is 6.56. The SMILES string of the molecule is CC(CC(=O)NCCc1ccc(OC(F)(F)F)cc1)C1CCNCC1. The highest BCUT2D eigenvalue weighted by Gasteiger charge is 2.30. The van der Waals surface area contributed by atoms with Crippen molar-refractivity contribution < 1.29 is 22.7 Å². The van der Waals surface area contributed by atoms with E-state index in [0.717, 1.165) is 31.5 Å². The average Bonchev–Trinajstić information content (AvgIpc) is 2.56. The maximum Gasteiger partial charge on any atom is 0.573 e. The summed E-state index contributed by atoms with van der Waals surface area (Å²) in [6.45, 7) is 4.63. The third kappa shape index (κ3) is 7.34. The molecule has 0 spiro atoms. The topological polar surface area (TPSA) is 50.4 Å². The lowest BCUT2D eigenvalue weighted by molar-refractivity contribution is -0.274. The largest absolute Gasteiger partial charge is 0.573 e. The summed E-state index contributed by atoms with van der Waals surface area (Å²) < 4.78 is 40.1. The smallest absolute Gasteiger partial charge is 0.406 e. The second-order valence-corrected chi connectivity index (χ2v) is 6.56. The normalized spacial score (nSPS) is 17.1. The van der Waals surface area contributed by atoms with Gasteiger partial charge in [0.2, 0.25) is 5.91 Å². The fourth-order valence-electron chi connectivity index (χ4n) is 3.15. The molecule has 1 saturated heterocycles. The maximum absolute atomic E-state index is 12.1. The number of ether oxygens (including phenoxy) is 1. The van der Waals surface area contributed by atoms with Gasteiger partial charge in [0.1, 0.15) is 5.75 Å². The third-order valence-corrected chi connectivity index (χ3v) is 4.59. The first-order valence-electron chi connectivity index (χ1n) is 8.65. The molecule has 1 fully saturated rings. The van der Waals surface area contributed by atoms with E-state index in [1.54, 1.807) is 12.1 Å². The molecule has 0 aliphatic carbocycles. The van der Waals surface area contributed by atoms with Crippen LogP contribution in [0.25, 0.3) is 0 Å². The summed E-state index contributed by atoms with van der Waals surface area (Å²) in [5.74, 6) is 0.744. The van der Waals surface area contributed by atoms with Gasteiger partial charge in [-0.25, -0.2) is 0 Å². The second kappa shape index (κ2) is 9.08. The predicted molar refractivity (Wildman–Crippen MR) is 89.2 cm³/mol. The summed E-state index contributed by atoms with van der Waals surface area (Å²) in [6, 6.07) is 5.71. The number of rotatable bonds is 7. The Hall–Kier alpha value is -1.76. The van der Waals surface area contributed by atoms with Crippen molar-refractivity contribution in [1.29, 1.82) is 0 Å². The molecular formula is C18H25F3N2O2. The van der Waals surface area contributed by atoms with Gasteiger partial charge in [-0.1, -0.05) is 19.1 Å². The lowest BCUT2D eigenvalue weighted by Crippen LogP contribution is -2.34. The van der Waals surface area contributed by atoms with Gasteiger partial charge < -0.3 is 15.4 Å². The number of nitrogens with one attached hydrogen (secondary N) is 2. The number of halogens is 3. The number of carbonyl (C=O) groups is 1. The number of amides is 1. The summed E-state index contributed by atoms with van der Waals surface area (Å²) in [7, 11) is 0. The molecule has 7 heteroatoms. The van der Waals surface area contributed by atoms with Gasteiger partial charge in [0.15, 0.2) is 0 Å². The average molecular weight is 358 g/mol. The number of hydrogen-bond acceptors (Lipinski definition) is 3. The van der Waals surface area contributed by atoms with Crippen LogP contribution in [0.4, 0.5) is 13.2 Å². The Morgan fingerprint density at radius 1 is 1.28 bits per heavy atom. The highest BCUT2D eigenvalue weighted by Crippen LogP contribution is 2.24. The molecule has 25 heavy (non-hydrogen) atoms. The van der Waals surface area contributed by atoms with Crippen molar-refractivity contribution in [2.45, 2.75) is 39.0 Å². The Morgan fingerprint density at radius 2 is 1.92 bits per heavy atom. The highest BCUT2D eigenvalue weighted by atomic mass is 19.4. The minimum absolute atomic E-state index is 0.0306. The van der Waals surface area contributed by atoms with Crippen molar-refractivity contribution >= 4 is 5.91 Å². The summed E-state index contributed by atoms with van der Waals surface area (Å²) in [6.07, 6.45) is -1.37. The van der Waals surface area contributed by atoms with E-state index in [-0.39, 0.29) is 11.7 Å². The van der Waals surface area contributed by atoms with Crippen molar-refractivity contribution in [3.8, 4) is 5.75 Å². The first-order chi connectivity index (χ1) is 11.8. The summed E-state index contributed by atoms with van der Waals surface area (Å²) in [4.78, 5) is 12.0. The van der Waals surface area contributed by atoms with Crippen LogP contribution >= 0.6 is 0 Å². The molecule has 2 rings (SSSR count). The fraction of sp³-hybridized carbons (Fsp3) is 0.611. The van der Waals surface area contributed by atoms with E-state index >= 15 is 0 Å². The zero-order chi connectivity index (χ0) is 18.3. The zero-order valence-electron chi connectivity index (χ0n) is 14.4. The van der Waals surface area contributed by atoms with E-state index in [9.17, 15) is 18.0 Å². The molecule has 1 atom stereocenters. The first-order valence-corrected chi connectivity index (χ1v) is 8.65. The van der Waals surface area contributed by atoms with Crippen LogP contribution in [0.2, 0.25) is 0 Å². The van der Waals surface area contributed by atoms with E-state index < -0.39 is 6.36 Å². The molecule has 1 unspecified atom stereocenters. The van der Waals surface area contributed by atoms with Crippen LogP contribution in [0.5, 0.6) is 5.75 Å². The van der Waals surface area contributed by atoms with Gasteiger partial charge in [-0.3, -0.25) is 4.79 Å². The van der Waals surface area contributed by atoms with Crippen LogP contribution in [0, 0.1) is 11.8 Å². The Morgan fingerprint density at radius 3 is 2.52 bits per heavy atom. The molecule has 4 nitrogen and oxygen atoms in total. The maximum atomic E-state index is 12.1. The molecule has 1 aliphatic rings. The summed E-state index contributed by atoms with van der Waals surface area (Å²) in [5.41, 5.74) is 0.848. The van der Waals surface area contributed by atoms with Crippen molar-refractivity contribution in [3.05, 3.63) is 29.8 Å². The van der Waals surface area contributed by atoms with Crippen molar-refractivity contribution in [1.82, 2.24) is 10.6 Å². The Labute approximate surface area is 146 Å². The predicted octanol–water partition coefficient (Wildman–Crippen LogP) is 3.27. The van der Waals surface area contributed by atoms with Crippen LogP contribution in [-0.4, -0.2) is 31.9 Å². The molecule has 1 aliphatic heterocycles. The fourth-order valence-corrected chi connectivity index (χ4v) is 3.15. The molecule has 0 saturated carbocycles. The Kier molecular flexibility index (Phi) is 7.11. The molecule has 1 aromatic carbocycles. The van der Waals surface area contributed by atoms with E-state index in [2.05, 4.69) is 22.3 Å². The van der Waals surface area contributed by atoms with Gasteiger partial charge in [0.05, 0.1) is 0 Å². The van der Waals surface area contributed by atoms with Crippen LogP contribution < -0.4 is 15.4 Å². The summed E-state index contributed by atoms with van der Waals surface area (Å²) >= 11 is 0. The number of alkyl halides is 3. The van der Waals surface area contributed by atoms with Crippen LogP contribution in [0.1, 0.15) is 31.7 Å². The number of piperidine rings is 1. The van der Waals surface area contributed by atoms with Crippen LogP contribution in [-0.2, 0) is 11.2 Å². The molecule has 1 heterocycles. The highest BCUT2D eigenvalue weighted by molar-refractivity contribution is 5.76. The van der Waals surface area contributed by atoms with Crippen molar-refractivity contribution in [3.63, 3.8) is 0 Å². The van der Waals surface area contributed by atoms with Gasteiger partial charge in [-0.15, -0.1) is 13.2 Å². The first kappa shape index (κ1) is 19.6. The number of benzene rings is 1. The van der Waals surface area contributed by atoms with E-state index in [0.29, 0.717) is 31.2 Å². The third-order valence-electron chi connectivity index (χ3n) is 4.59. The lowest BCUT2D eigenvalue weighted by Gasteiger charge is -2.27. The van der Waals surface area contributed by atoms with Crippen molar-refractivity contribution in [2.24, 2.45) is 11.8 Å². The summed E-state index contributed by atoms with van der Waals surface area (Å²) in [5, 5.41) is 6.21. The van der Waals surface area contributed by atoms with Crippen LogP contribution in [0.15, 0.2) is 24.3 Å². The van der Waals surface area contributed by atoms with Gasteiger partial charge in [-0.05, 0) is 61.9 Å². The van der Waals surface area contributed by atoms with E-state index in [4.69, 9.17) is 0 Å². The monoisotopic (exact) mass is 358 g/mol.